The molecular weight excluding hydrogens is 242 g/mol. The Balaban J connectivity index is 2.51. The first-order chi connectivity index (χ1) is 8.95. The first kappa shape index (κ1) is 15.4. The summed E-state index contributed by atoms with van der Waals surface area (Å²) >= 11 is 0. The van der Waals surface area contributed by atoms with Gasteiger partial charge < -0.3 is 9.84 Å². The Labute approximate surface area is 114 Å². The smallest absolute Gasteiger partial charge is 0.330 e. The van der Waals surface area contributed by atoms with Gasteiger partial charge in [-0.2, -0.15) is 0 Å². The highest BCUT2D eigenvalue weighted by Gasteiger charge is 2.23. The monoisotopic (exact) mass is 264 g/mol. The quantitative estimate of drug-likeness (QED) is 0.483. The second-order valence-electron chi connectivity index (χ2n) is 4.99. The predicted octanol–water partition coefficient (Wildman–Crippen LogP) is 1.73. The number of carbonyl (C=O) groups excluding carboxylic acids is 1. The van der Waals surface area contributed by atoms with Crippen molar-refractivity contribution in [3.8, 4) is 0 Å². The Morgan fingerprint density at radius 2 is 2.00 bits per heavy atom. The highest BCUT2D eigenvalue weighted by Crippen LogP contribution is 2.18. The van der Waals surface area contributed by atoms with E-state index in [2.05, 4.69) is 0 Å². The summed E-state index contributed by atoms with van der Waals surface area (Å²) < 4.78 is 5.47. The molecule has 0 fully saturated rings. The average Bonchev–Trinajstić information content (AvgIpc) is 2.37. The van der Waals surface area contributed by atoms with Crippen LogP contribution in [-0.2, 0) is 9.53 Å². The molecule has 0 aliphatic carbocycles. The normalized spacial score (nSPS) is 13.5. The lowest BCUT2D eigenvalue weighted by molar-refractivity contribution is -0.140. The number of carbonyl (C=O) groups is 1. The summed E-state index contributed by atoms with van der Waals surface area (Å²) in [5, 5.41) is 9.95. The summed E-state index contributed by atoms with van der Waals surface area (Å²) in [7, 11) is 4.01. The molecule has 0 saturated carbocycles. The van der Waals surface area contributed by atoms with Gasteiger partial charge in [-0.25, -0.2) is 4.79 Å². The van der Waals surface area contributed by atoms with Gasteiger partial charge in [0.05, 0.1) is 14.1 Å². The minimum Gasteiger partial charge on any atom is -0.460 e. The van der Waals surface area contributed by atoms with Crippen LogP contribution in [0.5, 0.6) is 0 Å². The van der Waals surface area contributed by atoms with Crippen LogP contribution in [-0.4, -0.2) is 44.4 Å². The third-order valence-corrected chi connectivity index (χ3v) is 2.84. The highest BCUT2D eigenvalue weighted by molar-refractivity contribution is 5.81. The molecule has 104 valence electrons. The minimum absolute atomic E-state index is 0.0116. The van der Waals surface area contributed by atoms with E-state index in [9.17, 15) is 9.90 Å². The molecule has 1 aromatic carbocycles. The van der Waals surface area contributed by atoms with Gasteiger partial charge in [0.15, 0.2) is 0 Å². The van der Waals surface area contributed by atoms with Gasteiger partial charge in [-0.05, 0) is 19.1 Å². The number of nitrogens with zero attached hydrogens (tertiary/aromatic N) is 1. The van der Waals surface area contributed by atoms with Crippen LogP contribution < -0.4 is 4.48 Å². The molecule has 4 heteroatoms. The van der Waals surface area contributed by atoms with Crippen molar-refractivity contribution >= 4 is 11.7 Å². The second-order valence-corrected chi connectivity index (χ2v) is 4.99. The van der Waals surface area contributed by atoms with E-state index >= 15 is 0 Å². The number of para-hydroxylation sites is 1. The third-order valence-electron chi connectivity index (χ3n) is 2.84. The first-order valence-corrected chi connectivity index (χ1v) is 6.32. The van der Waals surface area contributed by atoms with E-state index in [1.807, 2.05) is 44.4 Å². The maximum atomic E-state index is 11.2. The van der Waals surface area contributed by atoms with Crippen LogP contribution in [0.15, 0.2) is 42.5 Å². The van der Waals surface area contributed by atoms with Gasteiger partial charge in [-0.3, -0.25) is 4.48 Å². The molecule has 19 heavy (non-hydrogen) atoms. The summed E-state index contributed by atoms with van der Waals surface area (Å²) in [6.45, 7) is 2.23. The lowest BCUT2D eigenvalue weighted by Crippen LogP contribution is -2.47. The molecule has 0 radical (unpaired) electrons. The van der Waals surface area contributed by atoms with E-state index in [1.165, 1.54) is 6.08 Å². The topological polar surface area (TPSA) is 46.5 Å². The molecule has 0 heterocycles. The second kappa shape index (κ2) is 7.07. The highest BCUT2D eigenvalue weighted by atomic mass is 16.5. The van der Waals surface area contributed by atoms with Crippen LogP contribution in [0.2, 0.25) is 0 Å². The fourth-order valence-corrected chi connectivity index (χ4v) is 1.88. The summed E-state index contributed by atoms with van der Waals surface area (Å²) in [6, 6.07) is 9.91. The fraction of sp³-hybridized carbons (Fsp3) is 0.400. The van der Waals surface area contributed by atoms with E-state index in [0.29, 0.717) is 11.0 Å². The van der Waals surface area contributed by atoms with Crippen molar-refractivity contribution in [2.24, 2.45) is 0 Å². The van der Waals surface area contributed by atoms with Crippen LogP contribution in [0.1, 0.15) is 6.92 Å². The van der Waals surface area contributed by atoms with E-state index in [1.54, 1.807) is 13.0 Å². The van der Waals surface area contributed by atoms with Crippen LogP contribution in [0.3, 0.4) is 0 Å². The van der Waals surface area contributed by atoms with E-state index < -0.39 is 12.1 Å². The fourth-order valence-electron chi connectivity index (χ4n) is 1.88. The van der Waals surface area contributed by atoms with Crippen LogP contribution in [0, 0.1) is 0 Å². The number of aliphatic hydroxyl groups is 1. The standard InChI is InChI=1S/C15H22NO3/c1-4-8-15(18)19-12-14(17)11-16(2,3)13-9-6-5-7-10-13/h4-10,14,17H,11-12H2,1-3H3/q+1. The zero-order valence-electron chi connectivity index (χ0n) is 11.7. The Kier molecular flexibility index (Phi) is 5.73. The number of aliphatic hydroxyl groups excluding tert-OH is 1. The van der Waals surface area contributed by atoms with Gasteiger partial charge in [0.25, 0.3) is 0 Å². The van der Waals surface area contributed by atoms with E-state index in [4.69, 9.17) is 4.74 Å². The van der Waals surface area contributed by atoms with Crippen molar-refractivity contribution in [1.29, 1.82) is 0 Å². The average molecular weight is 264 g/mol. The summed E-state index contributed by atoms with van der Waals surface area (Å²) in [5.41, 5.74) is 1.10. The molecule has 1 aromatic rings. The molecular formula is C15H22NO3+. The van der Waals surface area contributed by atoms with E-state index in [0.717, 1.165) is 5.69 Å². The van der Waals surface area contributed by atoms with Gasteiger partial charge in [0.1, 0.15) is 24.9 Å². The molecule has 0 spiro atoms. The molecule has 0 aromatic heterocycles. The maximum Gasteiger partial charge on any atom is 0.330 e. The third kappa shape index (κ3) is 5.24. The number of hydrogen-bond acceptors (Lipinski definition) is 3. The maximum absolute atomic E-state index is 11.2. The molecule has 1 unspecified atom stereocenters. The van der Waals surface area contributed by atoms with Crippen molar-refractivity contribution in [1.82, 2.24) is 4.48 Å². The van der Waals surface area contributed by atoms with Crippen LogP contribution in [0.4, 0.5) is 5.69 Å². The van der Waals surface area contributed by atoms with Crippen LogP contribution >= 0.6 is 0 Å². The first-order valence-electron chi connectivity index (χ1n) is 6.32. The van der Waals surface area contributed by atoms with Gasteiger partial charge >= 0.3 is 5.97 Å². The predicted molar refractivity (Wildman–Crippen MR) is 76.7 cm³/mol. The van der Waals surface area contributed by atoms with Crippen molar-refractivity contribution in [3.05, 3.63) is 42.5 Å². The number of quaternary nitrogens is 1. The lowest BCUT2D eigenvalue weighted by atomic mass is 10.2. The number of likely N-dealkylation sites (N-methyl/N-ethyl adjacent to an activating group) is 1. The Morgan fingerprint density at radius 1 is 1.37 bits per heavy atom. The Bertz CT molecular complexity index is 426. The molecule has 1 N–H and O–H groups in total. The zero-order valence-corrected chi connectivity index (χ0v) is 11.7. The molecule has 0 aliphatic heterocycles. The summed E-state index contributed by atoms with van der Waals surface area (Å²) in [5.74, 6) is -0.424. The van der Waals surface area contributed by atoms with Gasteiger partial charge in [0, 0.05) is 6.08 Å². The van der Waals surface area contributed by atoms with Gasteiger partial charge in [-0.15, -0.1) is 0 Å². The molecule has 1 atom stereocenters. The van der Waals surface area contributed by atoms with Crippen molar-refractivity contribution in [2.45, 2.75) is 13.0 Å². The minimum atomic E-state index is -0.690. The zero-order chi connectivity index (χ0) is 14.3. The van der Waals surface area contributed by atoms with Crippen molar-refractivity contribution in [2.75, 3.05) is 27.2 Å². The van der Waals surface area contributed by atoms with Gasteiger partial charge in [-0.1, -0.05) is 24.3 Å². The van der Waals surface area contributed by atoms with Crippen LogP contribution in [0.25, 0.3) is 0 Å². The number of ether oxygens (including phenoxy) is 1. The number of esters is 1. The summed E-state index contributed by atoms with van der Waals surface area (Å²) in [4.78, 5) is 11.2. The molecule has 0 saturated heterocycles. The lowest BCUT2D eigenvalue weighted by Gasteiger charge is -2.31. The molecule has 0 bridgehead atoms. The number of hydrogen-bond donors (Lipinski definition) is 1. The van der Waals surface area contributed by atoms with Crippen molar-refractivity contribution in [3.63, 3.8) is 0 Å². The largest absolute Gasteiger partial charge is 0.460 e. The molecule has 0 amide bonds. The molecule has 0 aliphatic rings. The number of allylic oxidation sites excluding steroid dienone is 1. The Morgan fingerprint density at radius 3 is 2.58 bits per heavy atom. The Hall–Kier alpha value is -1.65. The summed E-state index contributed by atoms with van der Waals surface area (Å²) in [6.07, 6.45) is 2.26. The van der Waals surface area contributed by atoms with Gasteiger partial charge in [0.2, 0.25) is 0 Å². The van der Waals surface area contributed by atoms with E-state index in [-0.39, 0.29) is 6.61 Å². The number of rotatable bonds is 6. The van der Waals surface area contributed by atoms with Crippen molar-refractivity contribution < 1.29 is 14.6 Å². The molecule has 4 nitrogen and oxygen atoms in total. The molecule has 1 rings (SSSR count). The number of benzene rings is 1. The SMILES string of the molecule is CC=CC(=O)OCC(O)C[N+](C)(C)c1ccccc1.